The van der Waals surface area contributed by atoms with E-state index in [-0.39, 0.29) is 28.0 Å². The van der Waals surface area contributed by atoms with E-state index in [1.54, 1.807) is 30.6 Å². The summed E-state index contributed by atoms with van der Waals surface area (Å²) in [6.45, 7) is 0.210. The van der Waals surface area contributed by atoms with E-state index in [1.165, 1.54) is 6.07 Å². The first-order valence-corrected chi connectivity index (χ1v) is 8.24. The lowest BCUT2D eigenvalue weighted by atomic mass is 10.2. The molecule has 0 saturated heterocycles. The first kappa shape index (κ1) is 16.2. The van der Waals surface area contributed by atoms with Crippen LogP contribution in [0.5, 0.6) is 0 Å². The zero-order valence-electron chi connectivity index (χ0n) is 10.9. The third-order valence-corrected chi connectivity index (χ3v) is 4.98. The third-order valence-electron chi connectivity index (χ3n) is 2.78. The van der Waals surface area contributed by atoms with E-state index in [9.17, 15) is 8.42 Å². The van der Waals surface area contributed by atoms with E-state index in [0.29, 0.717) is 5.56 Å². The molecule has 5 nitrogen and oxygen atoms in total. The van der Waals surface area contributed by atoms with Crippen molar-refractivity contribution in [3.8, 4) is 0 Å². The van der Waals surface area contributed by atoms with Crippen LogP contribution in [0, 0.1) is 0 Å². The lowest BCUT2D eigenvalue weighted by Crippen LogP contribution is -2.24. The standard InChI is InChI=1S/C13H13Cl2N3O2S/c14-11-4-10(6-16)13(15)12(5-11)21(19,20)18-8-9-2-1-3-17-7-9/h1-5,7,18H,6,8,16H2. The number of hydrogen-bond acceptors (Lipinski definition) is 4. The van der Waals surface area contributed by atoms with Crippen molar-refractivity contribution in [1.82, 2.24) is 9.71 Å². The van der Waals surface area contributed by atoms with Gasteiger partial charge < -0.3 is 5.73 Å². The number of pyridine rings is 1. The van der Waals surface area contributed by atoms with Crippen LogP contribution < -0.4 is 10.5 Å². The third kappa shape index (κ3) is 3.93. The molecule has 3 N–H and O–H groups in total. The predicted octanol–water partition coefficient (Wildman–Crippen LogP) is 2.33. The van der Waals surface area contributed by atoms with Crippen molar-refractivity contribution >= 4 is 33.2 Å². The molecule has 0 fully saturated rings. The molecule has 1 aromatic carbocycles. The monoisotopic (exact) mass is 345 g/mol. The fourth-order valence-corrected chi connectivity index (χ4v) is 3.68. The van der Waals surface area contributed by atoms with Crippen molar-refractivity contribution in [2.24, 2.45) is 5.73 Å². The van der Waals surface area contributed by atoms with Gasteiger partial charge >= 0.3 is 0 Å². The molecule has 0 bridgehead atoms. The number of hydrogen-bond donors (Lipinski definition) is 2. The van der Waals surface area contributed by atoms with Crippen molar-refractivity contribution in [3.05, 3.63) is 57.8 Å². The summed E-state index contributed by atoms with van der Waals surface area (Å²) in [5.41, 5.74) is 6.74. The Kier molecular flexibility index (Phi) is 5.18. The molecule has 112 valence electrons. The van der Waals surface area contributed by atoms with Crippen molar-refractivity contribution in [3.63, 3.8) is 0 Å². The summed E-state index contributed by atoms with van der Waals surface area (Å²) in [6.07, 6.45) is 3.19. The van der Waals surface area contributed by atoms with Gasteiger partial charge in [0.25, 0.3) is 0 Å². The molecule has 0 aliphatic heterocycles. The van der Waals surface area contributed by atoms with E-state index in [1.807, 2.05) is 0 Å². The average Bonchev–Trinajstić information content (AvgIpc) is 2.48. The molecule has 0 saturated carbocycles. The van der Waals surface area contributed by atoms with Crippen LogP contribution in [0.15, 0.2) is 41.6 Å². The molecule has 8 heteroatoms. The minimum Gasteiger partial charge on any atom is -0.326 e. The van der Waals surface area contributed by atoms with Crippen molar-refractivity contribution in [1.29, 1.82) is 0 Å². The van der Waals surface area contributed by atoms with Gasteiger partial charge in [0.15, 0.2) is 0 Å². The molecular weight excluding hydrogens is 333 g/mol. The Morgan fingerprint density at radius 1 is 1.29 bits per heavy atom. The molecule has 0 aliphatic rings. The fourth-order valence-electron chi connectivity index (χ4n) is 1.72. The maximum Gasteiger partial charge on any atom is 0.242 e. The Hall–Kier alpha value is -1.18. The minimum absolute atomic E-state index is 0.0824. The van der Waals surface area contributed by atoms with Gasteiger partial charge in [0, 0.05) is 30.5 Å². The summed E-state index contributed by atoms with van der Waals surface area (Å²) in [6, 6.07) is 6.33. The molecule has 0 spiro atoms. The lowest BCUT2D eigenvalue weighted by molar-refractivity contribution is 0.581. The van der Waals surface area contributed by atoms with Crippen LogP contribution in [0.2, 0.25) is 10.0 Å². The summed E-state index contributed by atoms with van der Waals surface area (Å²) < 4.78 is 27.1. The summed E-state index contributed by atoms with van der Waals surface area (Å²) in [5.74, 6) is 0. The zero-order chi connectivity index (χ0) is 15.5. The highest BCUT2D eigenvalue weighted by atomic mass is 35.5. The normalized spacial score (nSPS) is 11.6. The highest BCUT2D eigenvalue weighted by molar-refractivity contribution is 7.89. The molecule has 0 amide bonds. The second kappa shape index (κ2) is 6.72. The smallest absolute Gasteiger partial charge is 0.242 e. The molecular formula is C13H13Cl2N3O2S. The maximum atomic E-state index is 12.3. The van der Waals surface area contributed by atoms with Crippen LogP contribution in [-0.2, 0) is 23.1 Å². The topological polar surface area (TPSA) is 85.1 Å². The van der Waals surface area contributed by atoms with Gasteiger partial charge in [-0.1, -0.05) is 29.3 Å². The molecule has 2 rings (SSSR count). The predicted molar refractivity (Wildman–Crippen MR) is 82.6 cm³/mol. The van der Waals surface area contributed by atoms with Crippen LogP contribution >= 0.6 is 23.2 Å². The van der Waals surface area contributed by atoms with Gasteiger partial charge in [-0.2, -0.15) is 0 Å². The molecule has 0 unspecified atom stereocenters. The highest BCUT2D eigenvalue weighted by Gasteiger charge is 2.20. The maximum absolute atomic E-state index is 12.3. The second-order valence-corrected chi connectivity index (χ2v) is 6.82. The minimum atomic E-state index is -3.79. The molecule has 0 atom stereocenters. The van der Waals surface area contributed by atoms with Crippen molar-refractivity contribution in [2.45, 2.75) is 18.0 Å². The number of nitrogens with two attached hydrogens (primary N) is 1. The number of halogens is 2. The number of nitrogens with zero attached hydrogens (tertiary/aromatic N) is 1. The van der Waals surface area contributed by atoms with Crippen LogP contribution in [0.1, 0.15) is 11.1 Å². The van der Waals surface area contributed by atoms with Gasteiger partial charge in [0.2, 0.25) is 10.0 Å². The molecule has 0 aliphatic carbocycles. The number of sulfonamides is 1. The fraction of sp³-hybridized carbons (Fsp3) is 0.154. The van der Waals surface area contributed by atoms with E-state index >= 15 is 0 Å². The molecule has 21 heavy (non-hydrogen) atoms. The largest absolute Gasteiger partial charge is 0.326 e. The quantitative estimate of drug-likeness (QED) is 0.870. The summed E-state index contributed by atoms with van der Waals surface area (Å²) in [5, 5.41) is 0.349. The Balaban J connectivity index is 2.30. The Bertz CT molecular complexity index is 737. The van der Waals surface area contributed by atoms with Crippen molar-refractivity contribution < 1.29 is 8.42 Å². The molecule has 1 aromatic heterocycles. The van der Waals surface area contributed by atoms with Gasteiger partial charge in [0.1, 0.15) is 4.90 Å². The first-order chi connectivity index (χ1) is 9.94. The van der Waals surface area contributed by atoms with Gasteiger partial charge in [0.05, 0.1) is 5.02 Å². The Morgan fingerprint density at radius 3 is 2.67 bits per heavy atom. The second-order valence-electron chi connectivity index (χ2n) is 4.27. The number of nitrogens with one attached hydrogen (secondary N) is 1. The van der Waals surface area contributed by atoms with E-state index < -0.39 is 10.0 Å². The van der Waals surface area contributed by atoms with Crippen LogP contribution in [0.3, 0.4) is 0 Å². The van der Waals surface area contributed by atoms with E-state index in [4.69, 9.17) is 28.9 Å². The average molecular weight is 346 g/mol. The Morgan fingerprint density at radius 2 is 2.05 bits per heavy atom. The summed E-state index contributed by atoms with van der Waals surface area (Å²) in [7, 11) is -3.79. The number of aromatic nitrogens is 1. The molecule has 0 radical (unpaired) electrons. The van der Waals surface area contributed by atoms with Gasteiger partial charge in [-0.15, -0.1) is 0 Å². The molecule has 1 heterocycles. The van der Waals surface area contributed by atoms with E-state index in [2.05, 4.69) is 9.71 Å². The lowest BCUT2D eigenvalue weighted by Gasteiger charge is -2.11. The number of benzene rings is 1. The van der Waals surface area contributed by atoms with Crippen LogP contribution in [0.25, 0.3) is 0 Å². The van der Waals surface area contributed by atoms with E-state index in [0.717, 1.165) is 5.56 Å². The summed E-state index contributed by atoms with van der Waals surface area (Å²) in [4.78, 5) is 3.84. The van der Waals surface area contributed by atoms with Gasteiger partial charge in [-0.05, 0) is 29.3 Å². The van der Waals surface area contributed by atoms with Gasteiger partial charge in [-0.25, -0.2) is 13.1 Å². The number of rotatable bonds is 5. The zero-order valence-corrected chi connectivity index (χ0v) is 13.2. The van der Waals surface area contributed by atoms with Crippen LogP contribution in [0.4, 0.5) is 0 Å². The van der Waals surface area contributed by atoms with Gasteiger partial charge in [-0.3, -0.25) is 4.98 Å². The SMILES string of the molecule is NCc1cc(Cl)cc(S(=O)(=O)NCc2cccnc2)c1Cl. The highest BCUT2D eigenvalue weighted by Crippen LogP contribution is 2.29. The first-order valence-electron chi connectivity index (χ1n) is 6.00. The molecule has 2 aromatic rings. The van der Waals surface area contributed by atoms with Crippen LogP contribution in [-0.4, -0.2) is 13.4 Å². The Labute approximate surface area is 133 Å². The van der Waals surface area contributed by atoms with Crippen molar-refractivity contribution in [2.75, 3.05) is 0 Å². The summed E-state index contributed by atoms with van der Waals surface area (Å²) >= 11 is 12.0.